The van der Waals surface area contributed by atoms with Crippen LogP contribution in [0.25, 0.3) is 21.9 Å². The second-order valence-electron chi connectivity index (χ2n) is 4.64. The van der Waals surface area contributed by atoms with Crippen LogP contribution in [-0.2, 0) is 0 Å². The lowest BCUT2D eigenvalue weighted by molar-refractivity contribution is 0.301. The molecule has 4 nitrogen and oxygen atoms in total. The molecule has 1 N–H and O–H groups in total. The minimum absolute atomic E-state index is 0.0753. The van der Waals surface area contributed by atoms with Gasteiger partial charge in [0.25, 0.3) is 0 Å². The van der Waals surface area contributed by atoms with Crippen LogP contribution in [0.2, 0.25) is 0 Å². The van der Waals surface area contributed by atoms with Crippen LogP contribution >= 0.6 is 0 Å². The number of phenols is 1. The molecule has 0 saturated heterocycles. The molecule has 0 radical (unpaired) electrons. The van der Waals surface area contributed by atoms with Gasteiger partial charge in [-0.1, -0.05) is 12.1 Å². The molecule has 0 bridgehead atoms. The van der Waals surface area contributed by atoms with Gasteiger partial charge in [-0.05, 0) is 30.7 Å². The fourth-order valence-corrected chi connectivity index (χ4v) is 2.38. The van der Waals surface area contributed by atoms with E-state index >= 15 is 0 Å². The van der Waals surface area contributed by atoms with Crippen LogP contribution in [0, 0.1) is 0 Å². The fourth-order valence-electron chi connectivity index (χ4n) is 2.38. The van der Waals surface area contributed by atoms with E-state index in [1.165, 1.54) is 7.11 Å². The van der Waals surface area contributed by atoms with Gasteiger partial charge in [0.1, 0.15) is 0 Å². The first-order chi connectivity index (χ1) is 10.2. The Hall–Kier alpha value is -2.62. The van der Waals surface area contributed by atoms with Gasteiger partial charge < -0.3 is 19.0 Å². The van der Waals surface area contributed by atoms with Gasteiger partial charge in [-0.2, -0.15) is 0 Å². The first kappa shape index (κ1) is 13.4. The summed E-state index contributed by atoms with van der Waals surface area (Å²) in [5.41, 5.74) is 1.58. The van der Waals surface area contributed by atoms with Crippen molar-refractivity contribution in [1.29, 1.82) is 0 Å². The van der Waals surface area contributed by atoms with Crippen molar-refractivity contribution < 1.29 is 19.0 Å². The smallest absolute Gasteiger partial charge is 0.203 e. The van der Waals surface area contributed by atoms with E-state index in [1.807, 2.05) is 31.2 Å². The molecule has 4 heteroatoms. The number of fused-ring (bicyclic) bond motifs is 1. The third kappa shape index (κ3) is 2.29. The molecule has 0 aliphatic heterocycles. The summed E-state index contributed by atoms with van der Waals surface area (Å²) in [7, 11) is 1.51. The SMILES string of the molecule is CCOc1ccc(-c2ccc3cocc3c2)c(O)c1OC. The van der Waals surface area contributed by atoms with E-state index in [0.29, 0.717) is 23.7 Å². The van der Waals surface area contributed by atoms with Gasteiger partial charge in [0.15, 0.2) is 11.5 Å². The van der Waals surface area contributed by atoms with Gasteiger partial charge in [-0.3, -0.25) is 0 Å². The molecule has 0 fully saturated rings. The minimum Gasteiger partial charge on any atom is -0.504 e. The highest BCUT2D eigenvalue weighted by molar-refractivity contribution is 5.88. The van der Waals surface area contributed by atoms with Gasteiger partial charge in [-0.15, -0.1) is 0 Å². The normalized spacial score (nSPS) is 10.8. The van der Waals surface area contributed by atoms with Crippen LogP contribution < -0.4 is 9.47 Å². The third-order valence-electron chi connectivity index (χ3n) is 3.39. The second-order valence-corrected chi connectivity index (χ2v) is 4.64. The number of benzene rings is 2. The van der Waals surface area contributed by atoms with Crippen LogP contribution in [0.5, 0.6) is 17.2 Å². The van der Waals surface area contributed by atoms with Gasteiger partial charge in [0.05, 0.1) is 26.2 Å². The molecule has 3 aromatic rings. The Morgan fingerprint density at radius 3 is 2.67 bits per heavy atom. The monoisotopic (exact) mass is 284 g/mol. The highest BCUT2D eigenvalue weighted by atomic mass is 16.5. The van der Waals surface area contributed by atoms with E-state index < -0.39 is 0 Å². The van der Waals surface area contributed by atoms with Crippen molar-refractivity contribution in [3.05, 3.63) is 42.9 Å². The number of hydrogen-bond donors (Lipinski definition) is 1. The average Bonchev–Trinajstić information content (AvgIpc) is 2.95. The summed E-state index contributed by atoms with van der Waals surface area (Å²) in [6.07, 6.45) is 3.37. The number of aromatic hydroxyl groups is 1. The maximum Gasteiger partial charge on any atom is 0.203 e. The molecule has 21 heavy (non-hydrogen) atoms. The van der Waals surface area contributed by atoms with E-state index in [-0.39, 0.29) is 5.75 Å². The molecular formula is C17H16O4. The molecule has 1 aromatic heterocycles. The van der Waals surface area contributed by atoms with Crippen molar-refractivity contribution in [2.75, 3.05) is 13.7 Å². The van der Waals surface area contributed by atoms with Crippen molar-refractivity contribution in [2.24, 2.45) is 0 Å². The molecule has 108 valence electrons. The van der Waals surface area contributed by atoms with E-state index in [4.69, 9.17) is 13.9 Å². The number of hydrogen-bond acceptors (Lipinski definition) is 4. The number of rotatable bonds is 4. The van der Waals surface area contributed by atoms with E-state index in [1.54, 1.807) is 18.6 Å². The van der Waals surface area contributed by atoms with Crippen molar-refractivity contribution >= 4 is 10.8 Å². The lowest BCUT2D eigenvalue weighted by Gasteiger charge is -2.14. The van der Waals surface area contributed by atoms with Gasteiger partial charge >= 0.3 is 0 Å². The van der Waals surface area contributed by atoms with Gasteiger partial charge in [0, 0.05) is 16.3 Å². The van der Waals surface area contributed by atoms with Crippen molar-refractivity contribution in [1.82, 2.24) is 0 Å². The predicted molar refractivity (Wildman–Crippen MR) is 81.0 cm³/mol. The Morgan fingerprint density at radius 2 is 1.90 bits per heavy atom. The Labute approximate surface area is 122 Å². The van der Waals surface area contributed by atoms with Crippen molar-refractivity contribution in [2.45, 2.75) is 6.92 Å². The maximum atomic E-state index is 10.4. The zero-order chi connectivity index (χ0) is 14.8. The maximum absolute atomic E-state index is 10.4. The summed E-state index contributed by atoms with van der Waals surface area (Å²) in [5.74, 6) is 0.957. The highest BCUT2D eigenvalue weighted by Gasteiger charge is 2.16. The lowest BCUT2D eigenvalue weighted by Crippen LogP contribution is -1.96. The van der Waals surface area contributed by atoms with Crippen LogP contribution in [0.1, 0.15) is 6.92 Å². The Kier molecular flexibility index (Phi) is 3.44. The molecule has 0 aliphatic carbocycles. The van der Waals surface area contributed by atoms with E-state index in [2.05, 4.69) is 0 Å². The van der Waals surface area contributed by atoms with E-state index in [9.17, 15) is 5.11 Å². The van der Waals surface area contributed by atoms with Crippen LogP contribution in [-0.4, -0.2) is 18.8 Å². The number of furan rings is 1. The summed E-state index contributed by atoms with van der Waals surface area (Å²) >= 11 is 0. The molecule has 3 rings (SSSR count). The van der Waals surface area contributed by atoms with Gasteiger partial charge in [0.2, 0.25) is 5.75 Å². The first-order valence-corrected chi connectivity index (χ1v) is 6.73. The molecule has 2 aromatic carbocycles. The molecule has 0 spiro atoms. The molecule has 0 aliphatic rings. The third-order valence-corrected chi connectivity index (χ3v) is 3.39. The largest absolute Gasteiger partial charge is 0.504 e. The summed E-state index contributed by atoms with van der Waals surface area (Å²) < 4.78 is 15.9. The molecular weight excluding hydrogens is 268 g/mol. The summed E-state index contributed by atoms with van der Waals surface area (Å²) in [5, 5.41) is 12.5. The number of ether oxygens (including phenoxy) is 2. The first-order valence-electron chi connectivity index (χ1n) is 6.73. The molecule has 0 atom stereocenters. The van der Waals surface area contributed by atoms with Crippen molar-refractivity contribution in [3.63, 3.8) is 0 Å². The quantitative estimate of drug-likeness (QED) is 0.779. The van der Waals surface area contributed by atoms with Crippen LogP contribution in [0.15, 0.2) is 47.3 Å². The predicted octanol–water partition coefficient (Wildman–Crippen LogP) is 4.21. The standard InChI is InChI=1S/C17H16O4/c1-3-21-15-7-6-14(16(18)17(15)19-2)11-4-5-12-9-20-10-13(12)8-11/h4-10,18H,3H2,1-2H3. The van der Waals surface area contributed by atoms with Crippen LogP contribution in [0.3, 0.4) is 0 Å². The zero-order valence-electron chi connectivity index (χ0n) is 11.9. The van der Waals surface area contributed by atoms with Crippen molar-refractivity contribution in [3.8, 4) is 28.4 Å². The van der Waals surface area contributed by atoms with Crippen LogP contribution in [0.4, 0.5) is 0 Å². The molecule has 0 amide bonds. The highest BCUT2D eigenvalue weighted by Crippen LogP contribution is 2.44. The second kappa shape index (κ2) is 5.40. The fraction of sp³-hybridized carbons (Fsp3) is 0.176. The minimum atomic E-state index is 0.0753. The number of methoxy groups -OCH3 is 1. The topological polar surface area (TPSA) is 51.8 Å². The zero-order valence-corrected chi connectivity index (χ0v) is 11.9. The lowest BCUT2D eigenvalue weighted by atomic mass is 10.0. The molecule has 0 unspecified atom stereocenters. The Balaban J connectivity index is 2.13. The summed E-state index contributed by atoms with van der Waals surface area (Å²) in [6, 6.07) is 9.48. The molecule has 1 heterocycles. The van der Waals surface area contributed by atoms with E-state index in [0.717, 1.165) is 16.3 Å². The summed E-state index contributed by atoms with van der Waals surface area (Å²) in [6.45, 7) is 2.40. The molecule has 0 saturated carbocycles. The summed E-state index contributed by atoms with van der Waals surface area (Å²) in [4.78, 5) is 0. The van der Waals surface area contributed by atoms with Gasteiger partial charge in [-0.25, -0.2) is 0 Å². The Morgan fingerprint density at radius 1 is 1.10 bits per heavy atom. The average molecular weight is 284 g/mol. The Bertz CT molecular complexity index is 774. The number of phenolic OH excluding ortho intramolecular Hbond substituents is 1.